The van der Waals surface area contributed by atoms with E-state index in [0.717, 1.165) is 18.4 Å². The molecule has 0 amide bonds. The Balaban J connectivity index is 2.02. The van der Waals surface area contributed by atoms with Crippen LogP contribution in [0.1, 0.15) is 45.1 Å². The lowest BCUT2D eigenvalue weighted by atomic mass is 9.79. The van der Waals surface area contributed by atoms with Gasteiger partial charge in [-0.25, -0.2) is 0 Å². The number of nitrogens with zero attached hydrogens (tertiary/aromatic N) is 1. The van der Waals surface area contributed by atoms with E-state index in [1.807, 2.05) is 0 Å². The van der Waals surface area contributed by atoms with Crippen LogP contribution in [0.25, 0.3) is 0 Å². The minimum atomic E-state index is 0.652. The van der Waals surface area contributed by atoms with Crippen molar-refractivity contribution in [2.24, 2.45) is 11.8 Å². The maximum atomic E-state index is 3.81. The maximum Gasteiger partial charge on any atom is 0.0388 e. The summed E-state index contributed by atoms with van der Waals surface area (Å²) in [6.45, 7) is 5.74. The summed E-state index contributed by atoms with van der Waals surface area (Å²) in [6.07, 6.45) is 5.43. The zero-order valence-electron chi connectivity index (χ0n) is 13.5. The predicted molar refractivity (Wildman–Crippen MR) is 88.0 cm³/mol. The number of anilines is 1. The van der Waals surface area contributed by atoms with Gasteiger partial charge in [-0.2, -0.15) is 0 Å². The molecule has 1 aromatic carbocycles. The number of rotatable bonds is 5. The third kappa shape index (κ3) is 4.24. The second-order valence-electron chi connectivity index (χ2n) is 6.91. The van der Waals surface area contributed by atoms with Crippen molar-refractivity contribution in [2.45, 2.75) is 52.1 Å². The van der Waals surface area contributed by atoms with Crippen LogP contribution in [0, 0.1) is 11.8 Å². The second-order valence-corrected chi connectivity index (χ2v) is 6.91. The Kier molecular flexibility index (Phi) is 5.47. The van der Waals surface area contributed by atoms with Crippen LogP contribution in [0.4, 0.5) is 5.69 Å². The molecule has 1 saturated carbocycles. The van der Waals surface area contributed by atoms with E-state index < -0.39 is 0 Å². The van der Waals surface area contributed by atoms with Crippen molar-refractivity contribution >= 4 is 5.69 Å². The van der Waals surface area contributed by atoms with Crippen LogP contribution >= 0.6 is 0 Å². The van der Waals surface area contributed by atoms with E-state index in [-0.39, 0.29) is 0 Å². The maximum absolute atomic E-state index is 3.81. The molecule has 0 spiro atoms. The molecule has 0 radical (unpaired) electrons. The van der Waals surface area contributed by atoms with E-state index in [1.54, 1.807) is 0 Å². The molecule has 2 atom stereocenters. The first-order valence-corrected chi connectivity index (χ1v) is 8.05. The molecule has 1 N–H and O–H groups in total. The minimum absolute atomic E-state index is 0.652. The average molecular weight is 274 g/mol. The van der Waals surface area contributed by atoms with Gasteiger partial charge in [-0.1, -0.05) is 44.9 Å². The minimum Gasteiger partial charge on any atom is -0.382 e. The number of nitrogens with one attached hydrogen (secondary N) is 1. The molecule has 2 unspecified atom stereocenters. The smallest absolute Gasteiger partial charge is 0.0388 e. The van der Waals surface area contributed by atoms with Gasteiger partial charge in [0.1, 0.15) is 0 Å². The molecule has 2 rings (SSSR count). The van der Waals surface area contributed by atoms with Gasteiger partial charge in [0.2, 0.25) is 0 Å². The van der Waals surface area contributed by atoms with Gasteiger partial charge in [0.25, 0.3) is 0 Å². The van der Waals surface area contributed by atoms with Crippen molar-refractivity contribution in [3.05, 3.63) is 29.8 Å². The van der Waals surface area contributed by atoms with E-state index in [1.165, 1.54) is 36.9 Å². The van der Waals surface area contributed by atoms with Gasteiger partial charge in [0.15, 0.2) is 0 Å². The summed E-state index contributed by atoms with van der Waals surface area (Å²) in [7, 11) is 4.26. The molecule has 2 heteroatoms. The normalized spacial score (nSPS) is 23.3. The molecule has 2 nitrogen and oxygen atoms in total. The summed E-state index contributed by atoms with van der Waals surface area (Å²) in [5.74, 6) is 1.71. The summed E-state index contributed by atoms with van der Waals surface area (Å²) in [4.78, 5) is 2.23. The van der Waals surface area contributed by atoms with Crippen molar-refractivity contribution in [3.63, 3.8) is 0 Å². The third-order valence-corrected chi connectivity index (χ3v) is 4.52. The van der Waals surface area contributed by atoms with Gasteiger partial charge in [0.05, 0.1) is 0 Å². The summed E-state index contributed by atoms with van der Waals surface area (Å²) in [5.41, 5.74) is 2.74. The molecule has 0 aromatic heterocycles. The lowest BCUT2D eigenvalue weighted by Gasteiger charge is -2.33. The molecule has 0 saturated heterocycles. The first-order valence-electron chi connectivity index (χ1n) is 8.05. The van der Waals surface area contributed by atoms with E-state index >= 15 is 0 Å². The Morgan fingerprint density at radius 3 is 2.65 bits per heavy atom. The van der Waals surface area contributed by atoms with Crippen LogP contribution in [-0.4, -0.2) is 25.0 Å². The van der Waals surface area contributed by atoms with E-state index in [2.05, 4.69) is 62.4 Å². The molecule has 1 aromatic rings. The van der Waals surface area contributed by atoms with E-state index in [4.69, 9.17) is 0 Å². The molecule has 20 heavy (non-hydrogen) atoms. The molecule has 0 aliphatic heterocycles. The summed E-state index contributed by atoms with van der Waals surface area (Å²) in [6, 6.07) is 9.41. The van der Waals surface area contributed by atoms with Crippen LogP contribution in [0.3, 0.4) is 0 Å². The Labute approximate surface area is 124 Å². The highest BCUT2D eigenvalue weighted by Crippen LogP contribution is 2.32. The molecule has 1 fully saturated rings. The lowest BCUT2D eigenvalue weighted by Crippen LogP contribution is -2.30. The van der Waals surface area contributed by atoms with Crippen molar-refractivity contribution in [1.29, 1.82) is 0 Å². The summed E-state index contributed by atoms with van der Waals surface area (Å²) in [5, 5.41) is 3.81. The predicted octanol–water partition coefficient (Wildman–Crippen LogP) is 4.37. The Hall–Kier alpha value is -1.02. The van der Waals surface area contributed by atoms with Crippen LogP contribution in [0.2, 0.25) is 0 Å². The van der Waals surface area contributed by atoms with Gasteiger partial charge in [-0.3, -0.25) is 0 Å². The lowest BCUT2D eigenvalue weighted by molar-refractivity contribution is 0.264. The largest absolute Gasteiger partial charge is 0.382 e. The zero-order chi connectivity index (χ0) is 14.5. The van der Waals surface area contributed by atoms with E-state index in [9.17, 15) is 0 Å². The molecular formula is C18H30N2. The SMILES string of the molecule is CC(C)C1CCCC(Nc2ccccc2CN(C)C)C1. The summed E-state index contributed by atoms with van der Waals surface area (Å²) >= 11 is 0. The highest BCUT2D eigenvalue weighted by atomic mass is 15.1. The first-order chi connectivity index (χ1) is 9.56. The molecule has 1 aliphatic carbocycles. The molecule has 0 bridgehead atoms. The first kappa shape index (κ1) is 15.4. The highest BCUT2D eigenvalue weighted by molar-refractivity contribution is 5.51. The molecular weight excluding hydrogens is 244 g/mol. The fourth-order valence-electron chi connectivity index (χ4n) is 3.32. The molecule has 112 valence electrons. The van der Waals surface area contributed by atoms with Crippen molar-refractivity contribution in [2.75, 3.05) is 19.4 Å². The van der Waals surface area contributed by atoms with Gasteiger partial charge in [-0.15, -0.1) is 0 Å². The Bertz CT molecular complexity index is 412. The van der Waals surface area contributed by atoms with Crippen LogP contribution < -0.4 is 5.32 Å². The van der Waals surface area contributed by atoms with Crippen molar-refractivity contribution < 1.29 is 0 Å². The highest BCUT2D eigenvalue weighted by Gasteiger charge is 2.24. The Morgan fingerprint density at radius 1 is 1.20 bits per heavy atom. The average Bonchev–Trinajstić information content (AvgIpc) is 2.41. The van der Waals surface area contributed by atoms with Gasteiger partial charge >= 0.3 is 0 Å². The fourth-order valence-corrected chi connectivity index (χ4v) is 3.32. The van der Waals surface area contributed by atoms with Crippen molar-refractivity contribution in [3.8, 4) is 0 Å². The van der Waals surface area contributed by atoms with Gasteiger partial charge in [-0.05, 0) is 50.4 Å². The standard InChI is InChI=1S/C18H30N2/c1-14(2)15-9-7-10-17(12-15)19-18-11-6-5-8-16(18)13-20(3)4/h5-6,8,11,14-15,17,19H,7,9-10,12-13H2,1-4H3. The fraction of sp³-hybridized carbons (Fsp3) is 0.667. The number of para-hydroxylation sites is 1. The monoisotopic (exact) mass is 274 g/mol. The number of benzene rings is 1. The molecule has 1 aliphatic rings. The third-order valence-electron chi connectivity index (χ3n) is 4.52. The molecule has 0 heterocycles. The quantitative estimate of drug-likeness (QED) is 0.857. The van der Waals surface area contributed by atoms with Crippen LogP contribution in [0.5, 0.6) is 0 Å². The van der Waals surface area contributed by atoms with Crippen molar-refractivity contribution in [1.82, 2.24) is 4.90 Å². The van der Waals surface area contributed by atoms with Gasteiger partial charge in [0, 0.05) is 18.3 Å². The van der Waals surface area contributed by atoms with Crippen LogP contribution in [0.15, 0.2) is 24.3 Å². The number of hydrogen-bond acceptors (Lipinski definition) is 2. The number of hydrogen-bond donors (Lipinski definition) is 1. The zero-order valence-corrected chi connectivity index (χ0v) is 13.5. The second kappa shape index (κ2) is 7.12. The van der Waals surface area contributed by atoms with Crippen LogP contribution in [-0.2, 0) is 6.54 Å². The Morgan fingerprint density at radius 2 is 1.95 bits per heavy atom. The van der Waals surface area contributed by atoms with Gasteiger partial charge < -0.3 is 10.2 Å². The van der Waals surface area contributed by atoms with E-state index in [0.29, 0.717) is 6.04 Å². The summed E-state index contributed by atoms with van der Waals surface area (Å²) < 4.78 is 0. The topological polar surface area (TPSA) is 15.3 Å².